The Morgan fingerprint density at radius 2 is 2.06 bits per heavy atom. The molecule has 0 saturated heterocycles. The maximum Gasteiger partial charge on any atom is 0.222 e. The number of rotatable bonds is 8. The molecule has 0 aliphatic heterocycles. The molecule has 1 fully saturated rings. The van der Waals surface area contributed by atoms with E-state index in [0.717, 1.165) is 38.7 Å². The Morgan fingerprint density at radius 1 is 1.39 bits per heavy atom. The highest BCUT2D eigenvalue weighted by atomic mass is 16.5. The second kappa shape index (κ2) is 7.74. The lowest BCUT2D eigenvalue weighted by atomic mass is 9.98. The summed E-state index contributed by atoms with van der Waals surface area (Å²) in [6.07, 6.45) is 4.67. The van der Waals surface area contributed by atoms with Crippen molar-refractivity contribution < 1.29 is 14.6 Å². The van der Waals surface area contributed by atoms with Gasteiger partial charge in [0.25, 0.3) is 0 Å². The van der Waals surface area contributed by atoms with Gasteiger partial charge in [0.2, 0.25) is 5.91 Å². The Bertz CT molecular complexity index is 247. The molecule has 1 aliphatic rings. The van der Waals surface area contributed by atoms with Gasteiger partial charge < -0.3 is 15.2 Å². The van der Waals surface area contributed by atoms with Crippen molar-refractivity contribution in [3.05, 3.63) is 0 Å². The average molecular weight is 257 g/mol. The van der Waals surface area contributed by atoms with Gasteiger partial charge in [0.1, 0.15) is 0 Å². The largest absolute Gasteiger partial charge is 0.389 e. The van der Waals surface area contributed by atoms with Crippen LogP contribution < -0.4 is 5.32 Å². The number of hydrogen-bond acceptors (Lipinski definition) is 3. The zero-order valence-corrected chi connectivity index (χ0v) is 11.7. The number of nitrogens with one attached hydrogen (secondary N) is 1. The molecule has 0 aromatic carbocycles. The van der Waals surface area contributed by atoms with Crippen LogP contribution in [0, 0.1) is 5.92 Å². The van der Waals surface area contributed by atoms with Crippen molar-refractivity contribution in [2.75, 3.05) is 19.8 Å². The van der Waals surface area contributed by atoms with Crippen molar-refractivity contribution in [2.24, 2.45) is 5.92 Å². The molecule has 0 bridgehead atoms. The number of carbonyl (C=O) groups excluding carboxylic acids is 1. The van der Waals surface area contributed by atoms with Crippen molar-refractivity contribution in [1.29, 1.82) is 0 Å². The van der Waals surface area contributed by atoms with E-state index >= 15 is 0 Å². The van der Waals surface area contributed by atoms with E-state index in [1.165, 1.54) is 0 Å². The van der Waals surface area contributed by atoms with Crippen LogP contribution in [0.5, 0.6) is 0 Å². The van der Waals surface area contributed by atoms with Crippen molar-refractivity contribution >= 4 is 5.91 Å². The molecular formula is C14H27NO3. The Balaban J connectivity index is 2.00. The highest BCUT2D eigenvalue weighted by molar-refractivity contribution is 5.77. The lowest BCUT2D eigenvalue weighted by Gasteiger charge is -2.21. The molecule has 1 amide bonds. The molecule has 106 valence electrons. The minimum atomic E-state index is -0.738. The minimum absolute atomic E-state index is 0.0386. The smallest absolute Gasteiger partial charge is 0.222 e. The summed E-state index contributed by atoms with van der Waals surface area (Å²) in [5.41, 5.74) is -0.738. The number of hydrogen-bond donors (Lipinski definition) is 2. The number of ether oxygens (including phenoxy) is 1. The van der Waals surface area contributed by atoms with Gasteiger partial charge in [0.15, 0.2) is 0 Å². The number of aliphatic hydroxyl groups is 1. The molecule has 4 heteroatoms. The van der Waals surface area contributed by atoms with Crippen LogP contribution in [0.4, 0.5) is 0 Å². The van der Waals surface area contributed by atoms with E-state index in [1.807, 2.05) is 0 Å². The van der Waals surface area contributed by atoms with E-state index in [0.29, 0.717) is 19.1 Å². The van der Waals surface area contributed by atoms with E-state index in [4.69, 9.17) is 4.74 Å². The van der Waals surface area contributed by atoms with E-state index < -0.39 is 5.60 Å². The summed E-state index contributed by atoms with van der Waals surface area (Å²) in [5.74, 6) is 0.513. The molecule has 0 heterocycles. The van der Waals surface area contributed by atoms with Gasteiger partial charge in [-0.25, -0.2) is 0 Å². The first-order chi connectivity index (χ1) is 8.52. The van der Waals surface area contributed by atoms with Gasteiger partial charge in [-0.05, 0) is 25.2 Å². The van der Waals surface area contributed by atoms with Gasteiger partial charge in [-0.2, -0.15) is 0 Å². The first-order valence-corrected chi connectivity index (χ1v) is 7.09. The van der Waals surface area contributed by atoms with Gasteiger partial charge in [-0.3, -0.25) is 4.79 Å². The SMILES string of the molecule is CC(C)COCCCNC(=O)CC1(O)CCCC1. The molecular weight excluding hydrogens is 230 g/mol. The van der Waals surface area contributed by atoms with Crippen LogP contribution in [-0.4, -0.2) is 36.4 Å². The summed E-state index contributed by atoms with van der Waals surface area (Å²) >= 11 is 0. The monoisotopic (exact) mass is 257 g/mol. The van der Waals surface area contributed by atoms with Gasteiger partial charge in [0.05, 0.1) is 12.0 Å². The molecule has 2 N–H and O–H groups in total. The molecule has 1 saturated carbocycles. The van der Waals surface area contributed by atoms with Gasteiger partial charge in [-0.15, -0.1) is 0 Å². The van der Waals surface area contributed by atoms with Crippen LogP contribution in [0.25, 0.3) is 0 Å². The standard InChI is InChI=1S/C14H27NO3/c1-12(2)11-18-9-5-8-15-13(16)10-14(17)6-3-4-7-14/h12,17H,3-11H2,1-2H3,(H,15,16). The van der Waals surface area contributed by atoms with Crippen molar-refractivity contribution in [2.45, 2.75) is 58.0 Å². The van der Waals surface area contributed by atoms with Crippen molar-refractivity contribution in [3.8, 4) is 0 Å². The molecule has 0 atom stereocenters. The zero-order valence-electron chi connectivity index (χ0n) is 11.7. The van der Waals surface area contributed by atoms with E-state index in [2.05, 4.69) is 19.2 Å². The Labute approximate surface area is 110 Å². The zero-order chi connectivity index (χ0) is 13.4. The Morgan fingerprint density at radius 3 is 2.67 bits per heavy atom. The Hall–Kier alpha value is -0.610. The fourth-order valence-electron chi connectivity index (χ4n) is 2.29. The van der Waals surface area contributed by atoms with E-state index in [1.54, 1.807) is 0 Å². The van der Waals surface area contributed by atoms with Crippen LogP contribution in [-0.2, 0) is 9.53 Å². The third-order valence-electron chi connectivity index (χ3n) is 3.26. The second-order valence-corrected chi connectivity index (χ2v) is 5.78. The van der Waals surface area contributed by atoms with E-state index in [-0.39, 0.29) is 12.3 Å². The van der Waals surface area contributed by atoms with Crippen molar-refractivity contribution in [1.82, 2.24) is 5.32 Å². The molecule has 1 aliphatic carbocycles. The predicted molar refractivity (Wildman–Crippen MR) is 71.3 cm³/mol. The van der Waals surface area contributed by atoms with Crippen molar-refractivity contribution in [3.63, 3.8) is 0 Å². The second-order valence-electron chi connectivity index (χ2n) is 5.78. The highest BCUT2D eigenvalue weighted by Gasteiger charge is 2.33. The molecule has 1 rings (SSSR count). The van der Waals surface area contributed by atoms with Gasteiger partial charge >= 0.3 is 0 Å². The summed E-state index contributed by atoms with van der Waals surface area (Å²) in [6.45, 7) is 6.32. The highest BCUT2D eigenvalue weighted by Crippen LogP contribution is 2.32. The maximum atomic E-state index is 11.6. The third-order valence-corrected chi connectivity index (χ3v) is 3.26. The average Bonchev–Trinajstić information content (AvgIpc) is 2.69. The normalized spacial score (nSPS) is 18.2. The fraction of sp³-hybridized carbons (Fsp3) is 0.929. The summed E-state index contributed by atoms with van der Waals surface area (Å²) in [4.78, 5) is 11.6. The number of amides is 1. The topological polar surface area (TPSA) is 58.6 Å². The summed E-state index contributed by atoms with van der Waals surface area (Å²) < 4.78 is 5.43. The molecule has 0 aromatic rings. The molecule has 0 radical (unpaired) electrons. The summed E-state index contributed by atoms with van der Waals surface area (Å²) in [7, 11) is 0. The van der Waals surface area contributed by atoms with Crippen LogP contribution in [0.2, 0.25) is 0 Å². The van der Waals surface area contributed by atoms with Crippen LogP contribution in [0.1, 0.15) is 52.4 Å². The lowest BCUT2D eigenvalue weighted by Crippen LogP contribution is -2.35. The maximum absolute atomic E-state index is 11.6. The number of carbonyl (C=O) groups is 1. The first-order valence-electron chi connectivity index (χ1n) is 7.09. The quantitative estimate of drug-likeness (QED) is 0.653. The predicted octanol–water partition coefficient (Wildman–Crippen LogP) is 1.86. The van der Waals surface area contributed by atoms with Crippen LogP contribution >= 0.6 is 0 Å². The molecule has 0 aromatic heterocycles. The lowest BCUT2D eigenvalue weighted by molar-refractivity contribution is -0.125. The fourth-order valence-corrected chi connectivity index (χ4v) is 2.29. The van der Waals surface area contributed by atoms with Gasteiger partial charge in [0, 0.05) is 19.8 Å². The molecule has 0 unspecified atom stereocenters. The molecule has 4 nitrogen and oxygen atoms in total. The Kier molecular flexibility index (Phi) is 6.65. The van der Waals surface area contributed by atoms with Crippen LogP contribution in [0.15, 0.2) is 0 Å². The van der Waals surface area contributed by atoms with E-state index in [9.17, 15) is 9.90 Å². The third kappa shape index (κ3) is 6.36. The summed E-state index contributed by atoms with van der Waals surface area (Å²) in [5, 5.41) is 12.9. The molecule has 18 heavy (non-hydrogen) atoms. The van der Waals surface area contributed by atoms with Gasteiger partial charge in [-0.1, -0.05) is 26.7 Å². The van der Waals surface area contributed by atoms with Crippen LogP contribution in [0.3, 0.4) is 0 Å². The molecule has 0 spiro atoms. The summed E-state index contributed by atoms with van der Waals surface area (Å²) in [6, 6.07) is 0. The first kappa shape index (κ1) is 15.4. The minimum Gasteiger partial charge on any atom is -0.389 e.